The third-order valence-corrected chi connectivity index (χ3v) is 4.97. The molecule has 0 spiro atoms. The van der Waals surface area contributed by atoms with Crippen molar-refractivity contribution in [2.45, 2.75) is 12.8 Å². The molecule has 1 aliphatic rings. The molecular weight excluding hydrogens is 318 g/mol. The number of nitrogens with one attached hydrogen (secondary N) is 1. The van der Waals surface area contributed by atoms with E-state index in [0.717, 1.165) is 43.1 Å². The van der Waals surface area contributed by atoms with Gasteiger partial charge in [-0.3, -0.25) is 4.90 Å². The molecule has 4 heteroatoms. The maximum absolute atomic E-state index is 5.94. The zero-order chi connectivity index (χ0) is 16.4. The van der Waals surface area contributed by atoms with Gasteiger partial charge in [0.15, 0.2) is 0 Å². The SMILES string of the molecule is Clc1ccc(CCN2CC=C(c3c[nH]c4ncccc34)CC2)cc1. The molecule has 3 aromatic rings. The maximum Gasteiger partial charge on any atom is 0.137 e. The van der Waals surface area contributed by atoms with E-state index in [1.165, 1.54) is 22.1 Å². The van der Waals surface area contributed by atoms with Crippen LogP contribution in [0.25, 0.3) is 16.6 Å². The second-order valence-electron chi connectivity index (χ2n) is 6.26. The molecule has 3 heterocycles. The van der Waals surface area contributed by atoms with Crippen molar-refractivity contribution in [3.05, 3.63) is 71.0 Å². The monoisotopic (exact) mass is 337 g/mol. The summed E-state index contributed by atoms with van der Waals surface area (Å²) in [4.78, 5) is 10.2. The Morgan fingerprint density at radius 2 is 2.04 bits per heavy atom. The molecule has 0 saturated heterocycles. The van der Waals surface area contributed by atoms with Crippen LogP contribution in [0, 0.1) is 0 Å². The smallest absolute Gasteiger partial charge is 0.137 e. The van der Waals surface area contributed by atoms with Crippen LogP contribution in [0.3, 0.4) is 0 Å². The normalized spacial score (nSPS) is 15.6. The molecular formula is C20H20ClN3. The number of nitrogens with zero attached hydrogens (tertiary/aromatic N) is 2. The minimum atomic E-state index is 0.803. The van der Waals surface area contributed by atoms with Gasteiger partial charge in [0.2, 0.25) is 0 Å². The molecule has 2 aromatic heterocycles. The van der Waals surface area contributed by atoms with E-state index in [0.29, 0.717) is 0 Å². The fourth-order valence-corrected chi connectivity index (χ4v) is 3.44. The molecule has 0 saturated carbocycles. The number of halogens is 1. The van der Waals surface area contributed by atoms with Gasteiger partial charge in [0.25, 0.3) is 0 Å². The Bertz CT molecular complexity index is 864. The third-order valence-electron chi connectivity index (χ3n) is 4.72. The Kier molecular flexibility index (Phi) is 4.37. The van der Waals surface area contributed by atoms with Gasteiger partial charge in [0.05, 0.1) is 0 Å². The van der Waals surface area contributed by atoms with E-state index in [9.17, 15) is 0 Å². The highest BCUT2D eigenvalue weighted by atomic mass is 35.5. The van der Waals surface area contributed by atoms with Crippen molar-refractivity contribution in [3.63, 3.8) is 0 Å². The van der Waals surface area contributed by atoms with Crippen LogP contribution in [0.1, 0.15) is 17.5 Å². The van der Waals surface area contributed by atoms with Crippen LogP contribution in [0.4, 0.5) is 0 Å². The van der Waals surface area contributed by atoms with Gasteiger partial charge in [0.1, 0.15) is 5.65 Å². The minimum Gasteiger partial charge on any atom is -0.346 e. The summed E-state index contributed by atoms with van der Waals surface area (Å²) in [7, 11) is 0. The molecule has 1 aliphatic heterocycles. The highest BCUT2D eigenvalue weighted by Crippen LogP contribution is 2.28. The van der Waals surface area contributed by atoms with Crippen molar-refractivity contribution >= 4 is 28.2 Å². The number of aromatic nitrogens is 2. The van der Waals surface area contributed by atoms with E-state index in [-0.39, 0.29) is 0 Å². The second kappa shape index (κ2) is 6.80. The summed E-state index contributed by atoms with van der Waals surface area (Å²) in [5.74, 6) is 0. The van der Waals surface area contributed by atoms with Crippen LogP contribution in [-0.4, -0.2) is 34.5 Å². The zero-order valence-electron chi connectivity index (χ0n) is 13.5. The van der Waals surface area contributed by atoms with Crippen molar-refractivity contribution in [2.75, 3.05) is 19.6 Å². The zero-order valence-corrected chi connectivity index (χ0v) is 14.3. The van der Waals surface area contributed by atoms with E-state index >= 15 is 0 Å². The first-order valence-corrected chi connectivity index (χ1v) is 8.76. The van der Waals surface area contributed by atoms with Crippen LogP contribution in [0.2, 0.25) is 5.02 Å². The lowest BCUT2D eigenvalue weighted by molar-refractivity contribution is 0.306. The van der Waals surface area contributed by atoms with Crippen molar-refractivity contribution in [1.29, 1.82) is 0 Å². The second-order valence-corrected chi connectivity index (χ2v) is 6.69. The molecule has 4 rings (SSSR count). The standard InChI is InChI=1S/C20H20ClN3/c21-17-5-3-15(4-6-17)7-11-24-12-8-16(9-13-24)19-14-23-20-18(19)2-1-10-22-20/h1-6,8,10,14H,7,9,11-13H2,(H,22,23). The highest BCUT2D eigenvalue weighted by molar-refractivity contribution is 6.30. The molecule has 0 bridgehead atoms. The van der Waals surface area contributed by atoms with E-state index in [1.807, 2.05) is 24.4 Å². The van der Waals surface area contributed by atoms with E-state index < -0.39 is 0 Å². The predicted octanol–water partition coefficient (Wildman–Crippen LogP) is 4.55. The number of fused-ring (bicyclic) bond motifs is 1. The van der Waals surface area contributed by atoms with Crippen LogP contribution in [0.15, 0.2) is 54.9 Å². The molecule has 0 fully saturated rings. The van der Waals surface area contributed by atoms with Crippen molar-refractivity contribution < 1.29 is 0 Å². The number of aromatic amines is 1. The van der Waals surface area contributed by atoms with Gasteiger partial charge in [-0.05, 0) is 48.2 Å². The molecule has 122 valence electrons. The van der Waals surface area contributed by atoms with Gasteiger partial charge in [-0.1, -0.05) is 29.8 Å². The quantitative estimate of drug-likeness (QED) is 0.757. The highest BCUT2D eigenvalue weighted by Gasteiger charge is 2.15. The molecule has 0 aliphatic carbocycles. The van der Waals surface area contributed by atoms with Crippen LogP contribution < -0.4 is 0 Å². The molecule has 0 amide bonds. The number of rotatable bonds is 4. The first-order chi connectivity index (χ1) is 11.8. The Hall–Kier alpha value is -2.10. The lowest BCUT2D eigenvalue weighted by atomic mass is 9.99. The summed E-state index contributed by atoms with van der Waals surface area (Å²) in [5, 5.41) is 2.02. The average Bonchev–Trinajstić information content (AvgIpc) is 3.06. The van der Waals surface area contributed by atoms with Crippen LogP contribution in [0.5, 0.6) is 0 Å². The summed E-state index contributed by atoms with van der Waals surface area (Å²) in [5.41, 5.74) is 5.04. The fraction of sp³-hybridized carbons (Fsp3) is 0.250. The molecule has 0 atom stereocenters. The summed E-state index contributed by atoms with van der Waals surface area (Å²) < 4.78 is 0. The van der Waals surface area contributed by atoms with E-state index in [2.05, 4.69) is 45.3 Å². The number of pyridine rings is 1. The number of hydrogen-bond donors (Lipinski definition) is 1. The molecule has 0 unspecified atom stereocenters. The first-order valence-electron chi connectivity index (χ1n) is 8.38. The Morgan fingerprint density at radius 1 is 1.17 bits per heavy atom. The lowest BCUT2D eigenvalue weighted by Crippen LogP contribution is -2.30. The average molecular weight is 338 g/mol. The maximum atomic E-state index is 5.94. The first kappa shape index (κ1) is 15.4. The number of H-pyrrole nitrogens is 1. The molecule has 0 radical (unpaired) electrons. The van der Waals surface area contributed by atoms with Crippen LogP contribution >= 0.6 is 11.6 Å². The number of benzene rings is 1. The van der Waals surface area contributed by atoms with Crippen LogP contribution in [-0.2, 0) is 6.42 Å². The summed E-state index contributed by atoms with van der Waals surface area (Å²) >= 11 is 5.94. The number of hydrogen-bond acceptors (Lipinski definition) is 2. The molecule has 3 nitrogen and oxygen atoms in total. The summed E-state index contributed by atoms with van der Waals surface area (Å²) in [6.45, 7) is 3.20. The van der Waals surface area contributed by atoms with Gasteiger partial charge in [-0.25, -0.2) is 4.98 Å². The lowest BCUT2D eigenvalue weighted by Gasteiger charge is -2.26. The Labute approximate surface area is 147 Å². The van der Waals surface area contributed by atoms with E-state index in [4.69, 9.17) is 11.6 Å². The Balaban J connectivity index is 1.41. The van der Waals surface area contributed by atoms with Crippen molar-refractivity contribution in [2.24, 2.45) is 0 Å². The van der Waals surface area contributed by atoms with Gasteiger partial charge < -0.3 is 4.98 Å². The van der Waals surface area contributed by atoms with Crippen molar-refractivity contribution in [3.8, 4) is 0 Å². The summed E-state index contributed by atoms with van der Waals surface area (Å²) in [6.07, 6.45) is 8.43. The fourth-order valence-electron chi connectivity index (χ4n) is 3.32. The largest absolute Gasteiger partial charge is 0.346 e. The minimum absolute atomic E-state index is 0.803. The van der Waals surface area contributed by atoms with Gasteiger partial charge >= 0.3 is 0 Å². The Morgan fingerprint density at radius 3 is 2.83 bits per heavy atom. The van der Waals surface area contributed by atoms with Gasteiger partial charge in [-0.2, -0.15) is 0 Å². The predicted molar refractivity (Wildman–Crippen MR) is 100 cm³/mol. The topological polar surface area (TPSA) is 31.9 Å². The van der Waals surface area contributed by atoms with E-state index in [1.54, 1.807) is 0 Å². The van der Waals surface area contributed by atoms with Gasteiger partial charge in [-0.15, -0.1) is 0 Å². The third kappa shape index (κ3) is 3.23. The summed E-state index contributed by atoms with van der Waals surface area (Å²) in [6, 6.07) is 12.3. The molecule has 1 N–H and O–H groups in total. The van der Waals surface area contributed by atoms with Crippen molar-refractivity contribution in [1.82, 2.24) is 14.9 Å². The molecule has 24 heavy (non-hydrogen) atoms. The van der Waals surface area contributed by atoms with Gasteiger partial charge in [0, 0.05) is 48.0 Å². The molecule has 1 aromatic carbocycles.